The molecular weight excluding hydrogens is 248 g/mol. The lowest BCUT2D eigenvalue weighted by Crippen LogP contribution is -2.24. The average molecular weight is 276 g/mol. The summed E-state index contributed by atoms with van der Waals surface area (Å²) in [6.45, 7) is 12.9. The molecule has 1 aliphatic heterocycles. The standard InChI is InChI=1S/C18H28O2/c1-7-8-15-9-10-16-14(6)17(19-11(2)3)12(4)13(5)18(16)20-15/h11,15H,7-10H2,1-6H3/t15-/m1/s1. The summed E-state index contributed by atoms with van der Waals surface area (Å²) in [6, 6.07) is 0. The third kappa shape index (κ3) is 2.79. The van der Waals surface area contributed by atoms with E-state index in [1.54, 1.807) is 0 Å². The van der Waals surface area contributed by atoms with Crippen LogP contribution in [-0.4, -0.2) is 12.2 Å². The zero-order valence-electron chi connectivity index (χ0n) is 13.8. The number of ether oxygens (including phenoxy) is 2. The molecule has 1 atom stereocenters. The average Bonchev–Trinajstić information content (AvgIpc) is 2.41. The lowest BCUT2D eigenvalue weighted by molar-refractivity contribution is 0.160. The number of hydrogen-bond donors (Lipinski definition) is 0. The molecule has 20 heavy (non-hydrogen) atoms. The summed E-state index contributed by atoms with van der Waals surface area (Å²) in [5, 5.41) is 0. The second kappa shape index (κ2) is 6.07. The van der Waals surface area contributed by atoms with Crippen molar-refractivity contribution in [3.05, 3.63) is 22.3 Å². The van der Waals surface area contributed by atoms with E-state index < -0.39 is 0 Å². The Labute approximate surface area is 123 Å². The molecule has 112 valence electrons. The van der Waals surface area contributed by atoms with Gasteiger partial charge in [0.2, 0.25) is 0 Å². The Kier molecular flexibility index (Phi) is 4.62. The van der Waals surface area contributed by atoms with Gasteiger partial charge >= 0.3 is 0 Å². The van der Waals surface area contributed by atoms with Gasteiger partial charge < -0.3 is 9.47 Å². The summed E-state index contributed by atoms with van der Waals surface area (Å²) in [5.74, 6) is 2.19. The Morgan fingerprint density at radius 3 is 2.45 bits per heavy atom. The van der Waals surface area contributed by atoms with Gasteiger partial charge in [-0.25, -0.2) is 0 Å². The van der Waals surface area contributed by atoms with Crippen LogP contribution in [0.1, 0.15) is 62.3 Å². The van der Waals surface area contributed by atoms with Gasteiger partial charge in [0.25, 0.3) is 0 Å². The molecule has 0 aromatic heterocycles. The molecule has 0 N–H and O–H groups in total. The van der Waals surface area contributed by atoms with Crippen molar-refractivity contribution in [1.29, 1.82) is 0 Å². The van der Waals surface area contributed by atoms with Crippen LogP contribution in [0, 0.1) is 20.8 Å². The van der Waals surface area contributed by atoms with Gasteiger partial charge in [-0.15, -0.1) is 0 Å². The fourth-order valence-corrected chi connectivity index (χ4v) is 3.08. The SMILES string of the molecule is CCC[C@@H]1CCc2c(C)c(OC(C)C)c(C)c(C)c2O1. The van der Waals surface area contributed by atoms with Crippen LogP contribution in [0.3, 0.4) is 0 Å². The summed E-state index contributed by atoms with van der Waals surface area (Å²) in [7, 11) is 0. The quantitative estimate of drug-likeness (QED) is 0.779. The van der Waals surface area contributed by atoms with Crippen LogP contribution < -0.4 is 9.47 Å². The lowest BCUT2D eigenvalue weighted by Gasteiger charge is -2.31. The number of benzene rings is 1. The molecule has 2 nitrogen and oxygen atoms in total. The molecular formula is C18H28O2. The second-order valence-electron chi connectivity index (χ2n) is 6.25. The molecule has 0 saturated carbocycles. The zero-order valence-corrected chi connectivity index (χ0v) is 13.8. The van der Waals surface area contributed by atoms with E-state index in [1.165, 1.54) is 28.7 Å². The van der Waals surface area contributed by atoms with Crippen molar-refractivity contribution in [3.8, 4) is 11.5 Å². The molecule has 1 aromatic rings. The summed E-state index contributed by atoms with van der Waals surface area (Å²) >= 11 is 0. The highest BCUT2D eigenvalue weighted by atomic mass is 16.5. The maximum atomic E-state index is 6.27. The highest BCUT2D eigenvalue weighted by Gasteiger charge is 2.26. The predicted molar refractivity (Wildman–Crippen MR) is 84.1 cm³/mol. The normalized spacial score (nSPS) is 17.9. The molecule has 0 radical (unpaired) electrons. The summed E-state index contributed by atoms with van der Waals surface area (Å²) in [5.41, 5.74) is 5.11. The molecule has 1 aliphatic rings. The van der Waals surface area contributed by atoms with Crippen LogP contribution in [0.2, 0.25) is 0 Å². The first-order chi connectivity index (χ1) is 9.45. The molecule has 0 fully saturated rings. The first-order valence-electron chi connectivity index (χ1n) is 7.91. The number of rotatable bonds is 4. The maximum Gasteiger partial charge on any atom is 0.126 e. The van der Waals surface area contributed by atoms with E-state index >= 15 is 0 Å². The van der Waals surface area contributed by atoms with Gasteiger partial charge in [0.05, 0.1) is 12.2 Å². The van der Waals surface area contributed by atoms with Crippen LogP contribution in [0.5, 0.6) is 11.5 Å². The Balaban J connectivity index is 2.43. The van der Waals surface area contributed by atoms with Crippen molar-refractivity contribution in [2.45, 2.75) is 79.4 Å². The minimum Gasteiger partial charge on any atom is -0.490 e. The summed E-state index contributed by atoms with van der Waals surface area (Å²) in [6.07, 6.45) is 5.18. The van der Waals surface area contributed by atoms with Crippen molar-refractivity contribution >= 4 is 0 Å². The van der Waals surface area contributed by atoms with Gasteiger partial charge in [0, 0.05) is 5.56 Å². The first kappa shape index (κ1) is 15.2. The molecule has 2 heteroatoms. The number of fused-ring (bicyclic) bond motifs is 1. The first-order valence-corrected chi connectivity index (χ1v) is 7.91. The monoisotopic (exact) mass is 276 g/mol. The van der Waals surface area contributed by atoms with E-state index in [0.29, 0.717) is 6.10 Å². The predicted octanol–water partition coefficient (Wildman–Crippen LogP) is 4.89. The number of hydrogen-bond acceptors (Lipinski definition) is 2. The van der Waals surface area contributed by atoms with E-state index in [2.05, 4.69) is 41.5 Å². The molecule has 0 unspecified atom stereocenters. The van der Waals surface area contributed by atoms with E-state index in [-0.39, 0.29) is 6.10 Å². The minimum absolute atomic E-state index is 0.210. The highest BCUT2D eigenvalue weighted by molar-refractivity contribution is 5.58. The van der Waals surface area contributed by atoms with Gasteiger partial charge in [-0.2, -0.15) is 0 Å². The van der Waals surface area contributed by atoms with Crippen molar-refractivity contribution in [1.82, 2.24) is 0 Å². The molecule has 0 aliphatic carbocycles. The molecule has 0 saturated heterocycles. The third-order valence-electron chi connectivity index (χ3n) is 4.28. The van der Waals surface area contributed by atoms with Crippen molar-refractivity contribution < 1.29 is 9.47 Å². The van der Waals surface area contributed by atoms with Gasteiger partial charge in [-0.1, -0.05) is 13.3 Å². The molecule has 1 heterocycles. The molecule has 0 spiro atoms. The maximum absolute atomic E-state index is 6.27. The van der Waals surface area contributed by atoms with Crippen molar-refractivity contribution in [2.75, 3.05) is 0 Å². The van der Waals surface area contributed by atoms with Crippen molar-refractivity contribution in [2.24, 2.45) is 0 Å². The van der Waals surface area contributed by atoms with Crippen LogP contribution in [0.15, 0.2) is 0 Å². The molecule has 0 amide bonds. The zero-order chi connectivity index (χ0) is 14.9. The molecule has 0 bridgehead atoms. The van der Waals surface area contributed by atoms with Crippen LogP contribution in [-0.2, 0) is 6.42 Å². The Hall–Kier alpha value is -1.18. The topological polar surface area (TPSA) is 18.5 Å². The smallest absolute Gasteiger partial charge is 0.126 e. The van der Waals surface area contributed by atoms with E-state index in [9.17, 15) is 0 Å². The largest absolute Gasteiger partial charge is 0.490 e. The Morgan fingerprint density at radius 1 is 1.15 bits per heavy atom. The lowest BCUT2D eigenvalue weighted by atomic mass is 9.90. The van der Waals surface area contributed by atoms with Crippen LogP contribution in [0.25, 0.3) is 0 Å². The minimum atomic E-state index is 0.210. The van der Waals surface area contributed by atoms with E-state index in [4.69, 9.17) is 9.47 Å². The second-order valence-corrected chi connectivity index (χ2v) is 6.25. The van der Waals surface area contributed by atoms with Crippen LogP contribution in [0.4, 0.5) is 0 Å². The van der Waals surface area contributed by atoms with Gasteiger partial charge in [0.15, 0.2) is 0 Å². The van der Waals surface area contributed by atoms with Gasteiger partial charge in [0.1, 0.15) is 11.5 Å². The highest BCUT2D eigenvalue weighted by Crippen LogP contribution is 2.42. The van der Waals surface area contributed by atoms with Crippen LogP contribution >= 0.6 is 0 Å². The Morgan fingerprint density at radius 2 is 1.85 bits per heavy atom. The summed E-state index contributed by atoms with van der Waals surface area (Å²) < 4.78 is 12.3. The molecule has 1 aromatic carbocycles. The Bertz CT molecular complexity index is 489. The third-order valence-corrected chi connectivity index (χ3v) is 4.28. The van der Waals surface area contributed by atoms with E-state index in [0.717, 1.165) is 30.8 Å². The van der Waals surface area contributed by atoms with Gasteiger partial charge in [-0.05, 0) is 70.6 Å². The summed E-state index contributed by atoms with van der Waals surface area (Å²) in [4.78, 5) is 0. The fourth-order valence-electron chi connectivity index (χ4n) is 3.08. The fraction of sp³-hybridized carbons (Fsp3) is 0.667. The van der Waals surface area contributed by atoms with Crippen molar-refractivity contribution in [3.63, 3.8) is 0 Å². The van der Waals surface area contributed by atoms with Gasteiger partial charge in [-0.3, -0.25) is 0 Å². The molecule has 2 rings (SSSR count). The van der Waals surface area contributed by atoms with E-state index in [1.807, 2.05) is 0 Å².